The number of hydrogen-bond acceptors (Lipinski definition) is 8. The molecule has 2 aliphatic rings. The van der Waals surface area contributed by atoms with E-state index in [0.717, 1.165) is 49.7 Å². The Labute approximate surface area is 222 Å². The van der Waals surface area contributed by atoms with E-state index in [1.54, 1.807) is 12.3 Å². The number of nitrogens with one attached hydrogen (secondary N) is 4. The molecule has 0 spiro atoms. The molecule has 0 aliphatic carbocycles. The lowest BCUT2D eigenvalue weighted by Gasteiger charge is -2.36. The molecule has 10 nitrogen and oxygen atoms in total. The van der Waals surface area contributed by atoms with Gasteiger partial charge in [0.1, 0.15) is 17.9 Å². The molecule has 38 heavy (non-hydrogen) atoms. The highest BCUT2D eigenvalue weighted by molar-refractivity contribution is 6.08. The molecule has 2 aromatic heterocycles. The van der Waals surface area contributed by atoms with Crippen molar-refractivity contribution in [2.24, 2.45) is 5.92 Å². The van der Waals surface area contributed by atoms with Gasteiger partial charge in [-0.2, -0.15) is 0 Å². The van der Waals surface area contributed by atoms with Crippen LogP contribution in [0.2, 0.25) is 0 Å². The Hall–Kier alpha value is -4.05. The number of amides is 1. The first-order valence-electron chi connectivity index (χ1n) is 13.1. The predicted octanol–water partition coefficient (Wildman–Crippen LogP) is 3.66. The lowest BCUT2D eigenvalue weighted by atomic mass is 10.1. The van der Waals surface area contributed by atoms with Gasteiger partial charge in [-0.05, 0) is 43.2 Å². The smallest absolute Gasteiger partial charge is 0.263 e. The van der Waals surface area contributed by atoms with Gasteiger partial charge in [0.2, 0.25) is 5.88 Å². The number of rotatable bonds is 7. The van der Waals surface area contributed by atoms with E-state index < -0.39 is 11.5 Å². The maximum atomic E-state index is 13.2. The van der Waals surface area contributed by atoms with Crippen LogP contribution in [0.1, 0.15) is 29.8 Å². The quantitative estimate of drug-likeness (QED) is 0.376. The number of carbonyl (C=O) groups excluding carboxylic acids is 1. The minimum Gasteiger partial charge on any atom is -0.474 e. The number of aromatic amines is 1. The number of benzene rings is 1. The van der Waals surface area contributed by atoms with Gasteiger partial charge in [-0.3, -0.25) is 14.5 Å². The SMILES string of the molecule is Cc1c(Nc2cc[nH]c(=O)c2C(=O)Nc2ccc(N3CCN(CC(C)C)CC3)cc2)cnc2c1NCCO2. The molecule has 5 rings (SSSR count). The van der Waals surface area contributed by atoms with Gasteiger partial charge < -0.3 is 30.6 Å². The summed E-state index contributed by atoms with van der Waals surface area (Å²) in [6.45, 7) is 12.9. The first-order valence-corrected chi connectivity index (χ1v) is 13.1. The molecule has 4 heterocycles. The predicted molar refractivity (Wildman–Crippen MR) is 151 cm³/mol. The van der Waals surface area contributed by atoms with E-state index in [-0.39, 0.29) is 5.56 Å². The molecule has 1 fully saturated rings. The van der Waals surface area contributed by atoms with Crippen LogP contribution in [0, 0.1) is 12.8 Å². The minimum absolute atomic E-state index is 0.000758. The minimum atomic E-state index is -0.491. The average Bonchev–Trinajstić information content (AvgIpc) is 2.91. The second kappa shape index (κ2) is 11.1. The summed E-state index contributed by atoms with van der Waals surface area (Å²) in [7, 11) is 0. The third kappa shape index (κ3) is 5.60. The molecule has 1 amide bonds. The molecule has 200 valence electrons. The maximum absolute atomic E-state index is 13.2. The number of piperazine rings is 1. The second-order valence-corrected chi connectivity index (χ2v) is 10.2. The molecule has 0 atom stereocenters. The number of hydrogen-bond donors (Lipinski definition) is 4. The van der Waals surface area contributed by atoms with Gasteiger partial charge in [-0.15, -0.1) is 0 Å². The van der Waals surface area contributed by atoms with Crippen LogP contribution in [-0.4, -0.2) is 66.7 Å². The van der Waals surface area contributed by atoms with Crippen molar-refractivity contribution in [3.63, 3.8) is 0 Å². The van der Waals surface area contributed by atoms with Crippen molar-refractivity contribution in [1.29, 1.82) is 0 Å². The van der Waals surface area contributed by atoms with Crippen molar-refractivity contribution in [2.75, 3.05) is 66.7 Å². The first kappa shape index (κ1) is 25.6. The van der Waals surface area contributed by atoms with Crippen molar-refractivity contribution in [3.05, 3.63) is 64.2 Å². The van der Waals surface area contributed by atoms with E-state index in [1.807, 2.05) is 31.2 Å². The molecule has 0 bridgehead atoms. The van der Waals surface area contributed by atoms with Crippen molar-refractivity contribution >= 4 is 34.3 Å². The Bertz CT molecular complexity index is 1350. The van der Waals surface area contributed by atoms with E-state index in [9.17, 15) is 9.59 Å². The fraction of sp³-hybridized carbons (Fsp3) is 0.393. The number of H-pyrrole nitrogens is 1. The summed E-state index contributed by atoms with van der Waals surface area (Å²) in [5, 5.41) is 9.39. The van der Waals surface area contributed by atoms with E-state index >= 15 is 0 Å². The van der Waals surface area contributed by atoms with Crippen LogP contribution in [0.5, 0.6) is 5.88 Å². The van der Waals surface area contributed by atoms with Crippen molar-refractivity contribution < 1.29 is 9.53 Å². The van der Waals surface area contributed by atoms with Crippen LogP contribution in [0.15, 0.2) is 47.5 Å². The fourth-order valence-electron chi connectivity index (χ4n) is 4.95. The molecule has 0 saturated carbocycles. The largest absolute Gasteiger partial charge is 0.474 e. The molecule has 2 aliphatic heterocycles. The summed E-state index contributed by atoms with van der Waals surface area (Å²) in [5.41, 5.74) is 4.04. The van der Waals surface area contributed by atoms with E-state index in [0.29, 0.717) is 42.0 Å². The second-order valence-electron chi connectivity index (χ2n) is 10.2. The third-order valence-corrected chi connectivity index (χ3v) is 6.89. The highest BCUT2D eigenvalue weighted by Crippen LogP contribution is 2.34. The summed E-state index contributed by atoms with van der Waals surface area (Å²) < 4.78 is 5.60. The van der Waals surface area contributed by atoms with Crippen LogP contribution in [-0.2, 0) is 0 Å². The number of fused-ring (bicyclic) bond motifs is 1. The monoisotopic (exact) mass is 517 g/mol. The molecular formula is C28H35N7O3. The maximum Gasteiger partial charge on any atom is 0.263 e. The standard InChI is InChI=1S/C28H35N7O3/c1-18(2)17-34-11-13-35(14-12-34)21-6-4-20(5-7-21)32-27(37)24-22(8-9-30-26(24)36)33-23-16-31-28-25(19(23)3)29-10-15-38-28/h4-9,16,18,29H,10-15,17H2,1-3H3,(H,32,37)(H2,30,33,36). The van der Waals surface area contributed by atoms with E-state index in [2.05, 4.69) is 49.6 Å². The topological polar surface area (TPSA) is 115 Å². The average molecular weight is 518 g/mol. The Morgan fingerprint density at radius 1 is 1.11 bits per heavy atom. The fourth-order valence-corrected chi connectivity index (χ4v) is 4.95. The number of anilines is 5. The van der Waals surface area contributed by atoms with Crippen LogP contribution in [0.25, 0.3) is 0 Å². The molecule has 0 unspecified atom stereocenters. The summed E-state index contributed by atoms with van der Waals surface area (Å²) in [5.74, 6) is 0.723. The molecule has 0 radical (unpaired) electrons. The zero-order valence-corrected chi connectivity index (χ0v) is 22.1. The number of aromatic nitrogens is 2. The summed E-state index contributed by atoms with van der Waals surface area (Å²) in [4.78, 5) is 37.8. The van der Waals surface area contributed by atoms with Gasteiger partial charge in [0.05, 0.1) is 17.6 Å². The van der Waals surface area contributed by atoms with Crippen LogP contribution >= 0.6 is 0 Å². The Morgan fingerprint density at radius 2 is 1.87 bits per heavy atom. The highest BCUT2D eigenvalue weighted by Gasteiger charge is 2.21. The molecule has 1 aromatic carbocycles. The zero-order chi connectivity index (χ0) is 26.6. The molecule has 10 heteroatoms. The van der Waals surface area contributed by atoms with Crippen LogP contribution < -0.4 is 31.1 Å². The summed E-state index contributed by atoms with van der Waals surface area (Å²) in [6, 6.07) is 9.45. The molecule has 1 saturated heterocycles. The first-order chi connectivity index (χ1) is 18.4. The Balaban J connectivity index is 1.28. The number of carbonyl (C=O) groups is 1. The van der Waals surface area contributed by atoms with Gasteiger partial charge in [0, 0.05) is 62.4 Å². The Kier molecular flexibility index (Phi) is 7.50. The van der Waals surface area contributed by atoms with Gasteiger partial charge in [0.15, 0.2) is 0 Å². The van der Waals surface area contributed by atoms with Crippen molar-refractivity contribution in [1.82, 2.24) is 14.9 Å². The zero-order valence-electron chi connectivity index (χ0n) is 22.1. The Morgan fingerprint density at radius 3 is 2.61 bits per heavy atom. The van der Waals surface area contributed by atoms with Gasteiger partial charge in [-0.1, -0.05) is 13.8 Å². The third-order valence-electron chi connectivity index (χ3n) is 6.89. The van der Waals surface area contributed by atoms with Crippen molar-refractivity contribution in [2.45, 2.75) is 20.8 Å². The van der Waals surface area contributed by atoms with Gasteiger partial charge >= 0.3 is 0 Å². The molecule has 3 aromatic rings. The van der Waals surface area contributed by atoms with Gasteiger partial charge in [-0.25, -0.2) is 4.98 Å². The van der Waals surface area contributed by atoms with Crippen LogP contribution in [0.3, 0.4) is 0 Å². The summed E-state index contributed by atoms with van der Waals surface area (Å²) >= 11 is 0. The van der Waals surface area contributed by atoms with Crippen molar-refractivity contribution in [3.8, 4) is 5.88 Å². The summed E-state index contributed by atoms with van der Waals surface area (Å²) in [6.07, 6.45) is 3.16. The number of pyridine rings is 2. The van der Waals surface area contributed by atoms with E-state index in [4.69, 9.17) is 4.74 Å². The van der Waals surface area contributed by atoms with E-state index in [1.165, 1.54) is 6.20 Å². The van der Waals surface area contributed by atoms with Crippen LogP contribution in [0.4, 0.5) is 28.4 Å². The normalized spacial score (nSPS) is 15.4. The molecule has 4 N–H and O–H groups in total. The number of nitrogens with zero attached hydrogens (tertiary/aromatic N) is 3. The lowest BCUT2D eigenvalue weighted by Crippen LogP contribution is -2.47. The highest BCUT2D eigenvalue weighted by atomic mass is 16.5. The lowest BCUT2D eigenvalue weighted by molar-refractivity contribution is 0.102. The number of ether oxygens (including phenoxy) is 1. The van der Waals surface area contributed by atoms with Gasteiger partial charge in [0.25, 0.3) is 11.5 Å². The molecular weight excluding hydrogens is 482 g/mol.